The SMILES string of the molecule is CCc1ncnc(NC2C(N)C3CCOC32)c1F. The molecule has 1 aromatic heterocycles. The molecule has 2 heterocycles. The van der Waals surface area contributed by atoms with E-state index in [0.717, 1.165) is 13.0 Å². The third kappa shape index (κ3) is 1.67. The van der Waals surface area contributed by atoms with Gasteiger partial charge in [0.2, 0.25) is 0 Å². The van der Waals surface area contributed by atoms with Gasteiger partial charge in [-0.05, 0) is 12.8 Å². The Morgan fingerprint density at radius 1 is 1.56 bits per heavy atom. The molecule has 0 amide bonds. The fraction of sp³-hybridized carbons (Fsp3) is 0.667. The van der Waals surface area contributed by atoms with E-state index in [0.29, 0.717) is 18.0 Å². The van der Waals surface area contributed by atoms with Crippen molar-refractivity contribution >= 4 is 5.82 Å². The van der Waals surface area contributed by atoms with Crippen LogP contribution in [0.3, 0.4) is 0 Å². The van der Waals surface area contributed by atoms with E-state index in [1.54, 1.807) is 0 Å². The Morgan fingerprint density at radius 3 is 3.17 bits per heavy atom. The van der Waals surface area contributed by atoms with Gasteiger partial charge in [0.15, 0.2) is 11.6 Å². The van der Waals surface area contributed by atoms with Gasteiger partial charge < -0.3 is 15.8 Å². The van der Waals surface area contributed by atoms with Gasteiger partial charge in [-0.3, -0.25) is 0 Å². The number of aryl methyl sites for hydroxylation is 1. The summed E-state index contributed by atoms with van der Waals surface area (Å²) in [7, 11) is 0. The number of aromatic nitrogens is 2. The zero-order chi connectivity index (χ0) is 12.7. The van der Waals surface area contributed by atoms with Crippen LogP contribution in [0.4, 0.5) is 10.2 Å². The van der Waals surface area contributed by atoms with Gasteiger partial charge in [-0.25, -0.2) is 14.4 Å². The zero-order valence-corrected chi connectivity index (χ0v) is 10.3. The summed E-state index contributed by atoms with van der Waals surface area (Å²) in [6.45, 7) is 2.61. The molecule has 3 rings (SSSR count). The molecule has 18 heavy (non-hydrogen) atoms. The van der Waals surface area contributed by atoms with Gasteiger partial charge >= 0.3 is 0 Å². The molecule has 4 atom stereocenters. The maximum Gasteiger partial charge on any atom is 0.186 e. The summed E-state index contributed by atoms with van der Waals surface area (Å²) < 4.78 is 19.6. The van der Waals surface area contributed by atoms with E-state index >= 15 is 0 Å². The van der Waals surface area contributed by atoms with E-state index < -0.39 is 0 Å². The first kappa shape index (κ1) is 11.8. The van der Waals surface area contributed by atoms with Gasteiger partial charge in [-0.15, -0.1) is 0 Å². The Bertz CT molecular complexity index is 456. The smallest absolute Gasteiger partial charge is 0.186 e. The topological polar surface area (TPSA) is 73.1 Å². The average Bonchev–Trinajstić information content (AvgIpc) is 2.82. The van der Waals surface area contributed by atoms with E-state index in [1.807, 2.05) is 6.92 Å². The van der Waals surface area contributed by atoms with Crippen molar-refractivity contribution in [3.8, 4) is 0 Å². The van der Waals surface area contributed by atoms with Crippen molar-refractivity contribution in [1.29, 1.82) is 0 Å². The van der Waals surface area contributed by atoms with Crippen LogP contribution < -0.4 is 11.1 Å². The van der Waals surface area contributed by atoms with Crippen LogP contribution in [0.2, 0.25) is 0 Å². The fourth-order valence-corrected chi connectivity index (χ4v) is 2.84. The summed E-state index contributed by atoms with van der Waals surface area (Å²) in [6, 6.07) is -0.0384. The number of halogens is 1. The molecule has 1 saturated carbocycles. The van der Waals surface area contributed by atoms with Gasteiger partial charge in [-0.1, -0.05) is 6.92 Å². The third-order valence-electron chi connectivity index (χ3n) is 3.95. The molecule has 2 fully saturated rings. The van der Waals surface area contributed by atoms with Gasteiger partial charge in [0.05, 0.1) is 17.8 Å². The molecule has 0 bridgehead atoms. The van der Waals surface area contributed by atoms with Crippen molar-refractivity contribution in [1.82, 2.24) is 9.97 Å². The Morgan fingerprint density at radius 2 is 2.39 bits per heavy atom. The summed E-state index contributed by atoms with van der Waals surface area (Å²) in [5.74, 6) is 0.253. The minimum atomic E-state index is -0.381. The molecule has 0 spiro atoms. The van der Waals surface area contributed by atoms with Gasteiger partial charge in [0.1, 0.15) is 6.33 Å². The standard InChI is InChI=1S/C12H17FN4O/c1-2-7-8(13)12(16-5-15-7)17-10-9(14)6-3-4-18-11(6)10/h5-6,9-11H,2-4,14H2,1H3,(H,15,16,17). The monoisotopic (exact) mass is 252 g/mol. The maximum absolute atomic E-state index is 14.0. The zero-order valence-electron chi connectivity index (χ0n) is 10.3. The number of hydrogen-bond acceptors (Lipinski definition) is 5. The lowest BCUT2D eigenvalue weighted by Crippen LogP contribution is -2.65. The number of hydrogen-bond donors (Lipinski definition) is 2. The fourth-order valence-electron chi connectivity index (χ4n) is 2.84. The molecule has 0 radical (unpaired) electrons. The highest BCUT2D eigenvalue weighted by molar-refractivity contribution is 5.41. The van der Waals surface area contributed by atoms with Gasteiger partial charge in [0.25, 0.3) is 0 Å². The number of fused-ring (bicyclic) bond motifs is 1. The van der Waals surface area contributed by atoms with Gasteiger partial charge in [-0.2, -0.15) is 0 Å². The largest absolute Gasteiger partial charge is 0.376 e. The van der Waals surface area contributed by atoms with Crippen LogP contribution in [0.1, 0.15) is 19.0 Å². The van der Waals surface area contributed by atoms with E-state index in [4.69, 9.17) is 10.5 Å². The maximum atomic E-state index is 14.0. The summed E-state index contributed by atoms with van der Waals surface area (Å²) >= 11 is 0. The molecule has 4 unspecified atom stereocenters. The van der Waals surface area contributed by atoms with Crippen molar-refractivity contribution < 1.29 is 9.13 Å². The van der Waals surface area contributed by atoms with Crippen molar-refractivity contribution in [3.05, 3.63) is 17.8 Å². The minimum Gasteiger partial charge on any atom is -0.376 e. The van der Waals surface area contributed by atoms with Crippen LogP contribution in [0, 0.1) is 11.7 Å². The molecule has 1 aliphatic carbocycles. The van der Waals surface area contributed by atoms with Crippen LogP contribution in [0.15, 0.2) is 6.33 Å². The Hall–Kier alpha value is -1.27. The lowest BCUT2D eigenvalue weighted by atomic mass is 9.72. The number of nitrogens with zero attached hydrogens (tertiary/aromatic N) is 2. The second-order valence-electron chi connectivity index (χ2n) is 4.87. The van der Waals surface area contributed by atoms with Crippen molar-refractivity contribution in [2.45, 2.75) is 38.0 Å². The Balaban J connectivity index is 1.77. The molecular weight excluding hydrogens is 235 g/mol. The first-order chi connectivity index (χ1) is 8.72. The summed E-state index contributed by atoms with van der Waals surface area (Å²) in [5.41, 5.74) is 6.49. The first-order valence-electron chi connectivity index (χ1n) is 6.35. The predicted molar refractivity (Wildman–Crippen MR) is 64.6 cm³/mol. The van der Waals surface area contributed by atoms with Crippen LogP contribution in [-0.4, -0.2) is 34.8 Å². The normalized spacial score (nSPS) is 33.9. The van der Waals surface area contributed by atoms with E-state index in [2.05, 4.69) is 15.3 Å². The van der Waals surface area contributed by atoms with E-state index in [9.17, 15) is 4.39 Å². The Labute approximate surface area is 105 Å². The van der Waals surface area contributed by atoms with Crippen LogP contribution in [0.25, 0.3) is 0 Å². The molecule has 98 valence electrons. The molecule has 5 nitrogen and oxygen atoms in total. The van der Waals surface area contributed by atoms with Crippen LogP contribution in [-0.2, 0) is 11.2 Å². The Kier molecular flexibility index (Phi) is 2.91. The average molecular weight is 252 g/mol. The van der Waals surface area contributed by atoms with Crippen LogP contribution in [0.5, 0.6) is 0 Å². The molecule has 3 N–H and O–H groups in total. The van der Waals surface area contributed by atoms with E-state index in [-0.39, 0.29) is 29.8 Å². The lowest BCUT2D eigenvalue weighted by Gasteiger charge is -2.45. The molecule has 0 aromatic carbocycles. The number of ether oxygens (including phenoxy) is 1. The summed E-state index contributed by atoms with van der Waals surface area (Å²) in [5, 5.41) is 3.07. The second-order valence-corrected chi connectivity index (χ2v) is 4.87. The molecule has 1 aromatic rings. The molecule has 6 heteroatoms. The quantitative estimate of drug-likeness (QED) is 0.828. The molecular formula is C12H17FN4O. The van der Waals surface area contributed by atoms with Gasteiger partial charge in [0, 0.05) is 18.6 Å². The number of nitrogens with one attached hydrogen (secondary N) is 1. The lowest BCUT2D eigenvalue weighted by molar-refractivity contribution is 0.00511. The number of rotatable bonds is 3. The minimum absolute atomic E-state index is 0.0111. The number of nitrogens with two attached hydrogens (primary N) is 1. The van der Waals surface area contributed by atoms with Crippen molar-refractivity contribution in [2.24, 2.45) is 11.7 Å². The molecule has 1 aliphatic heterocycles. The summed E-state index contributed by atoms with van der Waals surface area (Å²) in [6.07, 6.45) is 3.01. The highest BCUT2D eigenvalue weighted by Gasteiger charge is 2.52. The van der Waals surface area contributed by atoms with E-state index in [1.165, 1.54) is 6.33 Å². The summed E-state index contributed by atoms with van der Waals surface area (Å²) in [4.78, 5) is 7.85. The van der Waals surface area contributed by atoms with Crippen LogP contribution >= 0.6 is 0 Å². The predicted octanol–water partition coefficient (Wildman–Crippen LogP) is 0.705. The van der Waals surface area contributed by atoms with Crippen molar-refractivity contribution in [2.75, 3.05) is 11.9 Å². The first-order valence-corrected chi connectivity index (χ1v) is 6.35. The molecule has 2 aliphatic rings. The third-order valence-corrected chi connectivity index (χ3v) is 3.95. The number of anilines is 1. The highest BCUT2D eigenvalue weighted by atomic mass is 19.1. The highest BCUT2D eigenvalue weighted by Crippen LogP contribution is 2.39. The van der Waals surface area contributed by atoms with Crippen molar-refractivity contribution in [3.63, 3.8) is 0 Å². The molecule has 1 saturated heterocycles. The second kappa shape index (κ2) is 4.44.